The van der Waals surface area contributed by atoms with E-state index in [9.17, 15) is 14.4 Å². The van der Waals surface area contributed by atoms with Crippen LogP contribution in [0.2, 0.25) is 0 Å². The van der Waals surface area contributed by atoms with Crippen LogP contribution in [0.5, 0.6) is 0 Å². The molecule has 1 N–H and O–H groups in total. The van der Waals surface area contributed by atoms with E-state index in [0.29, 0.717) is 12.8 Å². The Labute approximate surface area is 113 Å². The maximum Gasteiger partial charge on any atom is 0.441 e. The molecule has 0 aromatic heterocycles. The Morgan fingerprint density at radius 2 is 1.68 bits per heavy atom. The van der Waals surface area contributed by atoms with E-state index in [-0.39, 0.29) is 18.1 Å². The van der Waals surface area contributed by atoms with Crippen LogP contribution in [0.15, 0.2) is 0 Å². The molecular weight excluding hydrogens is 250 g/mol. The molecule has 0 bridgehead atoms. The maximum atomic E-state index is 11.3. The summed E-state index contributed by atoms with van der Waals surface area (Å²) in [5, 5.41) is 0. The molecule has 0 saturated carbocycles. The van der Waals surface area contributed by atoms with E-state index in [2.05, 4.69) is 4.84 Å². The number of ether oxygens (including phenoxy) is 1. The van der Waals surface area contributed by atoms with Crippen LogP contribution in [-0.2, 0) is 19.2 Å². The quantitative estimate of drug-likeness (QED) is 0.778. The molecule has 0 aliphatic carbocycles. The average Bonchev–Trinajstić information content (AvgIpc) is 2.23. The number of Topliss-reactive ketones (excluding diaryl/α,β-unsaturated/α-hetero) is 1. The molecule has 1 amide bonds. The highest BCUT2D eigenvalue weighted by Crippen LogP contribution is 2.07. The molecule has 0 aliphatic heterocycles. The summed E-state index contributed by atoms with van der Waals surface area (Å²) in [5.74, 6) is -0.522. The Balaban J connectivity index is 3.77. The lowest BCUT2D eigenvalue weighted by Crippen LogP contribution is -2.34. The standard InChI is InChI=1S/C13H23NO5/c1-9(2)10(15)7-6-8-11(16)19-14-12(17)18-13(3,4)5/h9H,6-8H2,1-5H3,(H,14,17). The molecule has 0 aromatic carbocycles. The first kappa shape index (κ1) is 17.4. The van der Waals surface area contributed by atoms with Gasteiger partial charge in [0.25, 0.3) is 0 Å². The lowest BCUT2D eigenvalue weighted by molar-refractivity contribution is -0.150. The van der Waals surface area contributed by atoms with E-state index < -0.39 is 17.7 Å². The van der Waals surface area contributed by atoms with E-state index in [0.717, 1.165) is 0 Å². The first-order chi connectivity index (χ1) is 8.61. The van der Waals surface area contributed by atoms with Crippen molar-refractivity contribution >= 4 is 17.8 Å². The molecule has 6 nitrogen and oxygen atoms in total. The molecule has 0 spiro atoms. The van der Waals surface area contributed by atoms with Crippen molar-refractivity contribution < 1.29 is 24.0 Å². The zero-order chi connectivity index (χ0) is 15.1. The van der Waals surface area contributed by atoms with Gasteiger partial charge < -0.3 is 9.57 Å². The van der Waals surface area contributed by atoms with Gasteiger partial charge in [0.1, 0.15) is 11.4 Å². The van der Waals surface area contributed by atoms with Crippen LogP contribution in [-0.4, -0.2) is 23.4 Å². The lowest BCUT2D eigenvalue weighted by Gasteiger charge is -2.19. The second-order valence-electron chi connectivity index (χ2n) is 5.55. The summed E-state index contributed by atoms with van der Waals surface area (Å²) in [6.45, 7) is 8.72. The monoisotopic (exact) mass is 273 g/mol. The van der Waals surface area contributed by atoms with Crippen LogP contribution < -0.4 is 5.48 Å². The number of rotatable bonds is 5. The van der Waals surface area contributed by atoms with Crippen molar-refractivity contribution in [2.24, 2.45) is 5.92 Å². The SMILES string of the molecule is CC(C)C(=O)CCCC(=O)ONC(=O)OC(C)(C)C. The van der Waals surface area contributed by atoms with Crippen molar-refractivity contribution in [2.75, 3.05) is 0 Å². The van der Waals surface area contributed by atoms with E-state index in [1.54, 1.807) is 20.8 Å². The van der Waals surface area contributed by atoms with Crippen LogP contribution >= 0.6 is 0 Å². The van der Waals surface area contributed by atoms with E-state index >= 15 is 0 Å². The van der Waals surface area contributed by atoms with Gasteiger partial charge in [0.2, 0.25) is 0 Å². The van der Waals surface area contributed by atoms with Gasteiger partial charge in [0.15, 0.2) is 0 Å². The minimum atomic E-state index is -0.820. The number of ketones is 1. The summed E-state index contributed by atoms with van der Waals surface area (Å²) in [7, 11) is 0. The van der Waals surface area contributed by atoms with Gasteiger partial charge in [-0.2, -0.15) is 0 Å². The van der Waals surface area contributed by atoms with Crippen LogP contribution in [0, 0.1) is 5.92 Å². The number of hydroxylamine groups is 1. The Kier molecular flexibility index (Phi) is 7.11. The molecule has 0 rings (SSSR count). The fourth-order valence-electron chi connectivity index (χ4n) is 1.14. The molecule has 0 radical (unpaired) electrons. The number of nitrogens with one attached hydrogen (secondary N) is 1. The fraction of sp³-hybridized carbons (Fsp3) is 0.769. The first-order valence-electron chi connectivity index (χ1n) is 6.33. The van der Waals surface area contributed by atoms with Gasteiger partial charge in [0.05, 0.1) is 0 Å². The third-order valence-corrected chi connectivity index (χ3v) is 2.10. The Morgan fingerprint density at radius 1 is 1.11 bits per heavy atom. The third kappa shape index (κ3) is 10.1. The smallest absolute Gasteiger partial charge is 0.441 e. The molecule has 6 heteroatoms. The molecule has 0 aliphatic rings. The van der Waals surface area contributed by atoms with Gasteiger partial charge in [-0.25, -0.2) is 9.59 Å². The first-order valence-corrected chi connectivity index (χ1v) is 6.33. The molecular formula is C13H23NO5. The third-order valence-electron chi connectivity index (χ3n) is 2.10. The van der Waals surface area contributed by atoms with Gasteiger partial charge in [-0.15, -0.1) is 5.48 Å². The van der Waals surface area contributed by atoms with Crippen molar-refractivity contribution in [3.8, 4) is 0 Å². The number of amides is 1. The number of hydrogen-bond donors (Lipinski definition) is 1. The molecule has 0 fully saturated rings. The zero-order valence-corrected chi connectivity index (χ0v) is 12.2. The van der Waals surface area contributed by atoms with Crippen LogP contribution in [0.1, 0.15) is 53.9 Å². The minimum absolute atomic E-state index is 0.0316. The molecule has 0 saturated heterocycles. The van der Waals surface area contributed by atoms with E-state index in [1.807, 2.05) is 19.3 Å². The maximum absolute atomic E-state index is 11.3. The number of carbonyl (C=O) groups is 3. The topological polar surface area (TPSA) is 81.7 Å². The van der Waals surface area contributed by atoms with Crippen molar-refractivity contribution in [3.05, 3.63) is 0 Å². The highest BCUT2D eigenvalue weighted by molar-refractivity contribution is 5.81. The largest absolute Gasteiger partial charge is 0.442 e. The van der Waals surface area contributed by atoms with Gasteiger partial charge in [0, 0.05) is 18.8 Å². The highest BCUT2D eigenvalue weighted by Gasteiger charge is 2.17. The summed E-state index contributed by atoms with van der Waals surface area (Å²) in [6.07, 6.45) is -0.00151. The second-order valence-corrected chi connectivity index (χ2v) is 5.55. The van der Waals surface area contributed by atoms with Crippen molar-refractivity contribution in [3.63, 3.8) is 0 Å². The summed E-state index contributed by atoms with van der Waals surface area (Å²) in [5.41, 5.74) is 1.25. The zero-order valence-electron chi connectivity index (χ0n) is 12.2. The predicted molar refractivity (Wildman–Crippen MR) is 69.2 cm³/mol. The summed E-state index contributed by atoms with van der Waals surface area (Å²) in [4.78, 5) is 38.3. The normalized spacial score (nSPS) is 11.1. The van der Waals surface area contributed by atoms with Crippen molar-refractivity contribution in [1.29, 1.82) is 0 Å². The summed E-state index contributed by atoms with van der Waals surface area (Å²) in [6, 6.07) is 0. The van der Waals surface area contributed by atoms with Crippen molar-refractivity contribution in [2.45, 2.75) is 59.5 Å². The summed E-state index contributed by atoms with van der Waals surface area (Å²) >= 11 is 0. The van der Waals surface area contributed by atoms with Gasteiger partial charge in [-0.1, -0.05) is 13.8 Å². The lowest BCUT2D eigenvalue weighted by atomic mass is 10.0. The highest BCUT2D eigenvalue weighted by atomic mass is 16.7. The van der Waals surface area contributed by atoms with Gasteiger partial charge >= 0.3 is 12.1 Å². The molecule has 0 unspecified atom stereocenters. The Hall–Kier alpha value is -1.59. The van der Waals surface area contributed by atoms with Gasteiger partial charge in [-0.3, -0.25) is 4.79 Å². The van der Waals surface area contributed by atoms with Crippen LogP contribution in [0.3, 0.4) is 0 Å². The minimum Gasteiger partial charge on any atom is -0.442 e. The van der Waals surface area contributed by atoms with E-state index in [4.69, 9.17) is 4.74 Å². The molecule has 0 heterocycles. The molecule has 0 atom stereocenters. The van der Waals surface area contributed by atoms with E-state index in [1.165, 1.54) is 0 Å². The molecule has 0 aromatic rings. The summed E-state index contributed by atoms with van der Waals surface area (Å²) < 4.78 is 4.88. The predicted octanol–water partition coefficient (Wildman–Crippen LogP) is 2.36. The number of carbonyl (C=O) groups excluding carboxylic acids is 3. The molecule has 19 heavy (non-hydrogen) atoms. The van der Waals surface area contributed by atoms with Crippen LogP contribution in [0.4, 0.5) is 4.79 Å². The van der Waals surface area contributed by atoms with Gasteiger partial charge in [-0.05, 0) is 27.2 Å². The molecule has 110 valence electrons. The van der Waals surface area contributed by atoms with Crippen LogP contribution in [0.25, 0.3) is 0 Å². The fourth-order valence-corrected chi connectivity index (χ4v) is 1.14. The number of hydrogen-bond acceptors (Lipinski definition) is 5. The second kappa shape index (κ2) is 7.76. The Morgan fingerprint density at radius 3 is 2.16 bits per heavy atom. The Bertz CT molecular complexity index is 330. The van der Waals surface area contributed by atoms with Crippen molar-refractivity contribution in [1.82, 2.24) is 5.48 Å². The average molecular weight is 273 g/mol.